The van der Waals surface area contributed by atoms with Gasteiger partial charge in [0.25, 0.3) is 0 Å². The SMILES string of the molecule is CC(C)OCCOc1ccc(C(N)=S)cc1. The van der Waals surface area contributed by atoms with E-state index in [2.05, 4.69) is 0 Å². The van der Waals surface area contributed by atoms with Crippen LogP contribution in [0.5, 0.6) is 5.75 Å². The van der Waals surface area contributed by atoms with Crippen molar-refractivity contribution in [2.45, 2.75) is 20.0 Å². The highest BCUT2D eigenvalue weighted by atomic mass is 32.1. The van der Waals surface area contributed by atoms with Crippen molar-refractivity contribution in [3.8, 4) is 5.75 Å². The van der Waals surface area contributed by atoms with Gasteiger partial charge in [-0.2, -0.15) is 0 Å². The minimum Gasteiger partial charge on any atom is -0.491 e. The van der Waals surface area contributed by atoms with Gasteiger partial charge in [-0.1, -0.05) is 12.2 Å². The van der Waals surface area contributed by atoms with Gasteiger partial charge in [-0.05, 0) is 38.1 Å². The molecule has 16 heavy (non-hydrogen) atoms. The molecule has 0 radical (unpaired) electrons. The van der Waals surface area contributed by atoms with E-state index in [1.807, 2.05) is 38.1 Å². The second-order valence-corrected chi connectivity index (χ2v) is 4.10. The van der Waals surface area contributed by atoms with E-state index < -0.39 is 0 Å². The zero-order valence-electron chi connectivity index (χ0n) is 9.60. The van der Waals surface area contributed by atoms with Gasteiger partial charge in [0, 0.05) is 5.56 Å². The van der Waals surface area contributed by atoms with E-state index >= 15 is 0 Å². The maximum Gasteiger partial charge on any atom is 0.119 e. The highest BCUT2D eigenvalue weighted by Crippen LogP contribution is 2.11. The van der Waals surface area contributed by atoms with Gasteiger partial charge >= 0.3 is 0 Å². The summed E-state index contributed by atoms with van der Waals surface area (Å²) in [7, 11) is 0. The number of benzene rings is 1. The van der Waals surface area contributed by atoms with E-state index in [0.717, 1.165) is 11.3 Å². The Hall–Kier alpha value is -1.13. The predicted molar refractivity (Wildman–Crippen MR) is 68.9 cm³/mol. The lowest BCUT2D eigenvalue weighted by Crippen LogP contribution is -2.11. The summed E-state index contributed by atoms with van der Waals surface area (Å²) in [5, 5.41) is 0. The molecule has 4 heteroatoms. The normalized spacial score (nSPS) is 10.4. The Morgan fingerprint density at radius 1 is 1.25 bits per heavy atom. The molecule has 0 saturated heterocycles. The first kappa shape index (κ1) is 12.9. The Bertz CT molecular complexity index is 335. The summed E-state index contributed by atoms with van der Waals surface area (Å²) >= 11 is 4.86. The molecule has 0 amide bonds. The molecule has 1 aromatic rings. The topological polar surface area (TPSA) is 44.5 Å². The zero-order valence-corrected chi connectivity index (χ0v) is 10.4. The van der Waals surface area contributed by atoms with E-state index in [-0.39, 0.29) is 6.10 Å². The fourth-order valence-corrected chi connectivity index (χ4v) is 1.29. The lowest BCUT2D eigenvalue weighted by Gasteiger charge is -2.09. The van der Waals surface area contributed by atoms with Gasteiger partial charge in [-0.25, -0.2) is 0 Å². The summed E-state index contributed by atoms with van der Waals surface area (Å²) < 4.78 is 10.8. The number of thiocarbonyl (C=S) groups is 1. The average Bonchev–Trinajstić information content (AvgIpc) is 2.25. The molecule has 3 nitrogen and oxygen atoms in total. The lowest BCUT2D eigenvalue weighted by molar-refractivity contribution is 0.0553. The first-order chi connectivity index (χ1) is 7.59. The summed E-state index contributed by atoms with van der Waals surface area (Å²) in [4.78, 5) is 0.398. The van der Waals surface area contributed by atoms with Crippen molar-refractivity contribution in [2.24, 2.45) is 5.73 Å². The van der Waals surface area contributed by atoms with Crippen LogP contribution >= 0.6 is 12.2 Å². The molecule has 0 aromatic heterocycles. The van der Waals surface area contributed by atoms with Crippen LogP contribution in [-0.2, 0) is 4.74 Å². The Kier molecular flexibility index (Phi) is 5.22. The van der Waals surface area contributed by atoms with E-state index in [0.29, 0.717) is 18.2 Å². The Balaban J connectivity index is 2.35. The van der Waals surface area contributed by atoms with Crippen LogP contribution in [0.15, 0.2) is 24.3 Å². The molecule has 0 atom stereocenters. The molecule has 1 aromatic carbocycles. The van der Waals surface area contributed by atoms with Gasteiger partial charge < -0.3 is 15.2 Å². The first-order valence-corrected chi connectivity index (χ1v) is 5.64. The van der Waals surface area contributed by atoms with Crippen molar-refractivity contribution in [1.82, 2.24) is 0 Å². The molecule has 88 valence electrons. The number of hydrogen-bond acceptors (Lipinski definition) is 3. The molecule has 0 fully saturated rings. The maximum atomic E-state index is 5.49. The molecule has 0 heterocycles. The molecular formula is C12H17NO2S. The third-order valence-corrected chi connectivity index (χ3v) is 2.18. The van der Waals surface area contributed by atoms with Crippen molar-refractivity contribution in [2.75, 3.05) is 13.2 Å². The van der Waals surface area contributed by atoms with Gasteiger partial charge in [-0.3, -0.25) is 0 Å². The van der Waals surface area contributed by atoms with Crippen LogP contribution < -0.4 is 10.5 Å². The zero-order chi connectivity index (χ0) is 12.0. The average molecular weight is 239 g/mol. The molecule has 0 unspecified atom stereocenters. The minimum absolute atomic E-state index is 0.237. The first-order valence-electron chi connectivity index (χ1n) is 5.24. The van der Waals surface area contributed by atoms with E-state index in [4.69, 9.17) is 27.4 Å². The molecule has 2 N–H and O–H groups in total. The summed E-state index contributed by atoms with van der Waals surface area (Å²) in [6.07, 6.45) is 0.237. The van der Waals surface area contributed by atoms with Gasteiger partial charge in [0.2, 0.25) is 0 Å². The second kappa shape index (κ2) is 6.45. The van der Waals surface area contributed by atoms with Crippen molar-refractivity contribution >= 4 is 17.2 Å². The Labute approximate surface area is 102 Å². The summed E-state index contributed by atoms with van der Waals surface area (Å²) in [6, 6.07) is 7.40. The molecule has 0 saturated carbocycles. The quantitative estimate of drug-likeness (QED) is 0.610. The van der Waals surface area contributed by atoms with Crippen LogP contribution in [0.1, 0.15) is 19.4 Å². The number of ether oxygens (including phenoxy) is 2. The maximum absolute atomic E-state index is 5.49. The number of hydrogen-bond donors (Lipinski definition) is 1. The standard InChI is InChI=1S/C12H17NO2S/c1-9(2)14-7-8-15-11-5-3-10(4-6-11)12(13)16/h3-6,9H,7-8H2,1-2H3,(H2,13,16). The van der Waals surface area contributed by atoms with E-state index in [1.54, 1.807) is 0 Å². The molecule has 0 aliphatic carbocycles. The fraction of sp³-hybridized carbons (Fsp3) is 0.417. The largest absolute Gasteiger partial charge is 0.491 e. The van der Waals surface area contributed by atoms with Gasteiger partial charge in [0.1, 0.15) is 17.3 Å². The molecule has 0 spiro atoms. The third-order valence-electron chi connectivity index (χ3n) is 1.94. The predicted octanol–water partition coefficient (Wildman–Crippen LogP) is 2.12. The Morgan fingerprint density at radius 3 is 2.38 bits per heavy atom. The van der Waals surface area contributed by atoms with Gasteiger partial charge in [0.05, 0.1) is 12.7 Å². The Morgan fingerprint density at radius 2 is 1.88 bits per heavy atom. The molecule has 1 rings (SSSR count). The van der Waals surface area contributed by atoms with Crippen LogP contribution in [-0.4, -0.2) is 24.3 Å². The molecule has 0 bridgehead atoms. The van der Waals surface area contributed by atoms with Crippen molar-refractivity contribution < 1.29 is 9.47 Å². The second-order valence-electron chi connectivity index (χ2n) is 3.66. The van der Waals surface area contributed by atoms with Crippen LogP contribution in [0, 0.1) is 0 Å². The monoisotopic (exact) mass is 239 g/mol. The highest BCUT2D eigenvalue weighted by Gasteiger charge is 1.98. The van der Waals surface area contributed by atoms with Crippen LogP contribution in [0.3, 0.4) is 0 Å². The van der Waals surface area contributed by atoms with Gasteiger partial charge in [0.15, 0.2) is 0 Å². The highest BCUT2D eigenvalue weighted by molar-refractivity contribution is 7.80. The number of rotatable bonds is 6. The summed E-state index contributed by atoms with van der Waals surface area (Å²) in [5.74, 6) is 0.798. The van der Waals surface area contributed by atoms with Crippen LogP contribution in [0.4, 0.5) is 0 Å². The molecule has 0 aliphatic heterocycles. The van der Waals surface area contributed by atoms with Crippen LogP contribution in [0.25, 0.3) is 0 Å². The lowest BCUT2D eigenvalue weighted by atomic mass is 10.2. The summed E-state index contributed by atoms with van der Waals surface area (Å²) in [5.41, 5.74) is 6.34. The van der Waals surface area contributed by atoms with E-state index in [1.165, 1.54) is 0 Å². The molecular weight excluding hydrogens is 222 g/mol. The summed E-state index contributed by atoms with van der Waals surface area (Å²) in [6.45, 7) is 5.13. The van der Waals surface area contributed by atoms with Gasteiger partial charge in [-0.15, -0.1) is 0 Å². The van der Waals surface area contributed by atoms with Crippen LogP contribution in [0.2, 0.25) is 0 Å². The smallest absolute Gasteiger partial charge is 0.119 e. The van der Waals surface area contributed by atoms with Crippen molar-refractivity contribution in [1.29, 1.82) is 0 Å². The van der Waals surface area contributed by atoms with Crippen molar-refractivity contribution in [3.05, 3.63) is 29.8 Å². The molecule has 0 aliphatic rings. The fourth-order valence-electron chi connectivity index (χ4n) is 1.16. The third kappa shape index (κ3) is 4.59. The van der Waals surface area contributed by atoms with Crippen molar-refractivity contribution in [3.63, 3.8) is 0 Å². The number of nitrogens with two attached hydrogens (primary N) is 1. The van der Waals surface area contributed by atoms with E-state index in [9.17, 15) is 0 Å². The minimum atomic E-state index is 0.237.